The van der Waals surface area contributed by atoms with Crippen LogP contribution in [0.4, 0.5) is 5.82 Å². The maximum absolute atomic E-state index is 12.7. The van der Waals surface area contributed by atoms with E-state index in [-0.39, 0.29) is 6.04 Å². The van der Waals surface area contributed by atoms with Crippen LogP contribution in [0.15, 0.2) is 18.3 Å². The number of halogens is 1. The molecule has 5 rings (SSSR count). The van der Waals surface area contributed by atoms with Crippen molar-refractivity contribution in [2.24, 2.45) is 0 Å². The first-order valence-corrected chi connectivity index (χ1v) is 11.7. The SMILES string of the molecule is C[C@@H]1COCCN1c1cc(C2(S(C)(=O)=O)CC2)n2ncc(-c3cc(Cl)[nH]n3)c2n1. The molecule has 0 spiro atoms. The van der Waals surface area contributed by atoms with Crippen molar-refractivity contribution in [2.75, 3.05) is 30.9 Å². The Balaban J connectivity index is 1.76. The van der Waals surface area contributed by atoms with E-state index in [1.54, 1.807) is 16.8 Å². The molecule has 2 aliphatic rings. The summed E-state index contributed by atoms with van der Waals surface area (Å²) in [6, 6.07) is 3.70. The number of anilines is 1. The average molecular weight is 437 g/mol. The first kappa shape index (κ1) is 18.8. The number of nitrogens with zero attached hydrogens (tertiary/aromatic N) is 5. The molecule has 2 fully saturated rings. The zero-order valence-corrected chi connectivity index (χ0v) is 17.7. The number of hydrogen-bond acceptors (Lipinski definition) is 7. The van der Waals surface area contributed by atoms with E-state index >= 15 is 0 Å². The van der Waals surface area contributed by atoms with E-state index in [9.17, 15) is 8.42 Å². The van der Waals surface area contributed by atoms with Gasteiger partial charge in [-0.05, 0) is 19.8 Å². The van der Waals surface area contributed by atoms with Gasteiger partial charge in [0.25, 0.3) is 0 Å². The summed E-state index contributed by atoms with van der Waals surface area (Å²) < 4.78 is 31.6. The van der Waals surface area contributed by atoms with E-state index in [0.29, 0.717) is 60.4 Å². The van der Waals surface area contributed by atoms with Crippen LogP contribution in [0, 0.1) is 0 Å². The highest BCUT2D eigenvalue weighted by Gasteiger charge is 2.56. The number of H-pyrrole nitrogens is 1. The summed E-state index contributed by atoms with van der Waals surface area (Å²) in [7, 11) is -3.32. The second-order valence-corrected chi connectivity index (χ2v) is 10.5. The molecule has 3 aromatic rings. The van der Waals surface area contributed by atoms with E-state index in [0.717, 1.165) is 5.82 Å². The quantitative estimate of drug-likeness (QED) is 0.666. The predicted molar refractivity (Wildman–Crippen MR) is 109 cm³/mol. The Hall–Kier alpha value is -2.17. The van der Waals surface area contributed by atoms with Gasteiger partial charge in [0.15, 0.2) is 15.5 Å². The fourth-order valence-electron chi connectivity index (χ4n) is 4.04. The van der Waals surface area contributed by atoms with Gasteiger partial charge >= 0.3 is 0 Å². The molecule has 0 amide bonds. The molecule has 4 heterocycles. The zero-order chi connectivity index (χ0) is 20.4. The predicted octanol–water partition coefficient (Wildman–Crippen LogP) is 2.03. The number of nitrogens with one attached hydrogen (secondary N) is 1. The van der Waals surface area contributed by atoms with Crippen molar-refractivity contribution < 1.29 is 13.2 Å². The van der Waals surface area contributed by atoms with Crippen molar-refractivity contribution >= 4 is 32.9 Å². The van der Waals surface area contributed by atoms with Gasteiger partial charge in [-0.25, -0.2) is 17.9 Å². The van der Waals surface area contributed by atoms with Crippen LogP contribution in [0.3, 0.4) is 0 Å². The van der Waals surface area contributed by atoms with Crippen LogP contribution in [-0.2, 0) is 19.3 Å². The monoisotopic (exact) mass is 436 g/mol. The maximum Gasteiger partial charge on any atom is 0.167 e. The lowest BCUT2D eigenvalue weighted by Gasteiger charge is -2.34. The minimum atomic E-state index is -3.32. The minimum Gasteiger partial charge on any atom is -0.377 e. The van der Waals surface area contributed by atoms with E-state index < -0.39 is 14.6 Å². The first-order chi connectivity index (χ1) is 13.8. The summed E-state index contributed by atoms with van der Waals surface area (Å²) in [5.41, 5.74) is 2.52. The Morgan fingerprint density at radius 1 is 1.34 bits per heavy atom. The number of aromatic amines is 1. The van der Waals surface area contributed by atoms with Gasteiger partial charge in [-0.2, -0.15) is 10.2 Å². The molecule has 29 heavy (non-hydrogen) atoms. The third-order valence-corrected chi connectivity index (χ3v) is 8.05. The molecule has 1 saturated heterocycles. The van der Waals surface area contributed by atoms with Crippen LogP contribution in [-0.4, -0.2) is 65.3 Å². The minimum absolute atomic E-state index is 0.131. The van der Waals surface area contributed by atoms with Gasteiger partial charge in [-0.1, -0.05) is 11.6 Å². The molecule has 1 aliphatic heterocycles. The smallest absolute Gasteiger partial charge is 0.167 e. The van der Waals surface area contributed by atoms with Gasteiger partial charge in [0.05, 0.1) is 42.4 Å². The summed E-state index contributed by atoms with van der Waals surface area (Å²) >= 11 is 6.01. The summed E-state index contributed by atoms with van der Waals surface area (Å²) in [5, 5.41) is 11.8. The van der Waals surface area contributed by atoms with E-state index in [1.165, 1.54) is 6.26 Å². The highest BCUT2D eigenvalue weighted by Crippen LogP contribution is 2.53. The molecular formula is C18H21ClN6O3S. The molecule has 0 radical (unpaired) electrons. The van der Waals surface area contributed by atoms with Gasteiger partial charge in [-0.15, -0.1) is 0 Å². The topological polar surface area (TPSA) is 105 Å². The van der Waals surface area contributed by atoms with Crippen LogP contribution in [0.1, 0.15) is 25.5 Å². The summed E-state index contributed by atoms with van der Waals surface area (Å²) in [6.45, 7) is 3.96. The molecule has 1 saturated carbocycles. The number of sulfone groups is 1. The molecule has 9 nitrogen and oxygen atoms in total. The number of aromatic nitrogens is 5. The Labute approximate surface area is 172 Å². The zero-order valence-electron chi connectivity index (χ0n) is 16.1. The van der Waals surface area contributed by atoms with Gasteiger partial charge < -0.3 is 9.64 Å². The normalized spacial score (nSPS) is 21.6. The molecular weight excluding hydrogens is 416 g/mol. The third kappa shape index (κ3) is 2.92. The Morgan fingerprint density at radius 3 is 2.76 bits per heavy atom. The largest absolute Gasteiger partial charge is 0.377 e. The Bertz CT molecular complexity index is 1200. The highest BCUT2D eigenvalue weighted by molar-refractivity contribution is 7.91. The number of morpholine rings is 1. The first-order valence-electron chi connectivity index (χ1n) is 9.45. The fraction of sp³-hybridized carbons (Fsp3) is 0.500. The Morgan fingerprint density at radius 2 is 2.14 bits per heavy atom. The van der Waals surface area contributed by atoms with Crippen molar-refractivity contribution in [3.63, 3.8) is 0 Å². The summed E-state index contributed by atoms with van der Waals surface area (Å²) in [6.07, 6.45) is 4.10. The molecule has 0 bridgehead atoms. The second kappa shape index (κ2) is 6.41. The second-order valence-electron chi connectivity index (χ2n) is 7.78. The van der Waals surface area contributed by atoms with Crippen molar-refractivity contribution in [3.8, 4) is 11.3 Å². The van der Waals surface area contributed by atoms with Crippen LogP contribution < -0.4 is 4.90 Å². The molecule has 1 atom stereocenters. The van der Waals surface area contributed by atoms with Crippen LogP contribution >= 0.6 is 11.6 Å². The molecule has 3 aromatic heterocycles. The van der Waals surface area contributed by atoms with Crippen molar-refractivity contribution in [1.82, 2.24) is 24.8 Å². The average Bonchev–Trinajstić information content (AvgIpc) is 3.23. The lowest BCUT2D eigenvalue weighted by molar-refractivity contribution is 0.0985. The summed E-state index contributed by atoms with van der Waals surface area (Å²) in [5.74, 6) is 0.724. The summed E-state index contributed by atoms with van der Waals surface area (Å²) in [4.78, 5) is 7.01. The van der Waals surface area contributed by atoms with Crippen LogP contribution in [0.2, 0.25) is 5.15 Å². The molecule has 11 heteroatoms. The molecule has 154 valence electrons. The van der Waals surface area contributed by atoms with E-state index in [1.807, 2.05) is 6.07 Å². The molecule has 0 aromatic carbocycles. The molecule has 0 unspecified atom stereocenters. The lowest BCUT2D eigenvalue weighted by Crippen LogP contribution is -2.44. The third-order valence-electron chi connectivity index (χ3n) is 5.82. The van der Waals surface area contributed by atoms with Crippen molar-refractivity contribution in [2.45, 2.75) is 30.6 Å². The van der Waals surface area contributed by atoms with E-state index in [4.69, 9.17) is 21.3 Å². The highest BCUT2D eigenvalue weighted by atomic mass is 35.5. The number of hydrogen-bond donors (Lipinski definition) is 1. The van der Waals surface area contributed by atoms with Gasteiger partial charge in [0, 0.05) is 24.9 Å². The van der Waals surface area contributed by atoms with Crippen molar-refractivity contribution in [3.05, 3.63) is 29.2 Å². The molecule has 1 aliphatic carbocycles. The number of fused-ring (bicyclic) bond motifs is 1. The van der Waals surface area contributed by atoms with E-state index in [2.05, 4.69) is 27.1 Å². The van der Waals surface area contributed by atoms with Crippen molar-refractivity contribution in [1.29, 1.82) is 0 Å². The maximum atomic E-state index is 12.7. The van der Waals surface area contributed by atoms with Crippen LogP contribution in [0.5, 0.6) is 0 Å². The van der Waals surface area contributed by atoms with Crippen LogP contribution in [0.25, 0.3) is 16.9 Å². The van der Waals surface area contributed by atoms with Gasteiger partial charge in [0.2, 0.25) is 0 Å². The lowest BCUT2D eigenvalue weighted by atomic mass is 10.2. The molecule has 1 N–H and O–H groups in total. The van der Waals surface area contributed by atoms with Gasteiger partial charge in [-0.3, -0.25) is 5.10 Å². The number of ether oxygens (including phenoxy) is 1. The van der Waals surface area contributed by atoms with Gasteiger partial charge in [0.1, 0.15) is 15.7 Å². The Kier molecular flexibility index (Phi) is 4.17. The standard InChI is InChI=1S/C18H21ClN6O3S/c1-11-10-28-6-5-24(11)16-8-14(18(3-4-18)29(2,26)27)25-17(21-16)12(9-20-25)13-7-15(19)23-22-13/h7-9,11H,3-6,10H2,1-2H3,(H,22,23)/t11-/m1/s1. The fourth-order valence-corrected chi connectivity index (χ4v) is 5.55. The number of rotatable bonds is 4.